The van der Waals surface area contributed by atoms with E-state index in [2.05, 4.69) is 20.4 Å². The number of nitrogens with one attached hydrogen (secondary N) is 1. The van der Waals surface area contributed by atoms with E-state index in [0.29, 0.717) is 16.5 Å². The Morgan fingerprint density at radius 1 is 1.17 bits per heavy atom. The molecule has 8 heteroatoms. The molecule has 3 aromatic rings. The lowest BCUT2D eigenvalue weighted by atomic mass is 9.77. The van der Waals surface area contributed by atoms with Crippen LogP contribution in [0.25, 0.3) is 16.9 Å². The highest BCUT2D eigenvalue weighted by Gasteiger charge is 2.31. The van der Waals surface area contributed by atoms with Gasteiger partial charge in [0.25, 0.3) is 11.9 Å². The van der Waals surface area contributed by atoms with E-state index in [9.17, 15) is 14.3 Å². The zero-order valence-corrected chi connectivity index (χ0v) is 16.5. The second-order valence-electron chi connectivity index (χ2n) is 8.17. The Morgan fingerprint density at radius 3 is 2.48 bits per heavy atom. The number of nitrogens with zero attached hydrogens (tertiary/aromatic N) is 4. The molecule has 0 radical (unpaired) electrons. The lowest BCUT2D eigenvalue weighted by Gasteiger charge is -2.36. The van der Waals surface area contributed by atoms with Crippen molar-refractivity contribution in [3.05, 3.63) is 48.2 Å². The van der Waals surface area contributed by atoms with Crippen LogP contribution in [0.4, 0.5) is 4.39 Å². The molecule has 152 valence electrons. The summed E-state index contributed by atoms with van der Waals surface area (Å²) >= 11 is 0. The molecular formula is C21H24FN5O2. The van der Waals surface area contributed by atoms with Crippen molar-refractivity contribution < 1.29 is 14.3 Å². The third kappa shape index (κ3) is 3.98. The van der Waals surface area contributed by atoms with Gasteiger partial charge in [-0.1, -0.05) is 12.1 Å². The topological polar surface area (TPSA) is 92.9 Å². The highest BCUT2D eigenvalue weighted by molar-refractivity contribution is 5.93. The van der Waals surface area contributed by atoms with Crippen molar-refractivity contribution in [2.75, 3.05) is 0 Å². The number of benzene rings is 1. The van der Waals surface area contributed by atoms with Gasteiger partial charge in [0.2, 0.25) is 5.95 Å². The van der Waals surface area contributed by atoms with Gasteiger partial charge in [-0.25, -0.2) is 9.97 Å². The van der Waals surface area contributed by atoms with E-state index in [1.165, 1.54) is 17.1 Å². The number of carbonyl (C=O) groups excluding carboxylic acids is 1. The van der Waals surface area contributed by atoms with Gasteiger partial charge in [0.1, 0.15) is 0 Å². The summed E-state index contributed by atoms with van der Waals surface area (Å²) in [6.07, 6.45) is 6.27. The first-order valence-corrected chi connectivity index (χ1v) is 9.82. The number of amides is 1. The first-order valence-electron chi connectivity index (χ1n) is 9.82. The van der Waals surface area contributed by atoms with Gasteiger partial charge in [0.05, 0.1) is 22.1 Å². The average Bonchev–Trinajstić information content (AvgIpc) is 3.05. The van der Waals surface area contributed by atoms with Crippen LogP contribution in [0, 0.1) is 11.9 Å². The van der Waals surface area contributed by atoms with E-state index in [1.807, 2.05) is 13.8 Å². The summed E-state index contributed by atoms with van der Waals surface area (Å²) in [6, 6.07) is 6.97. The predicted molar refractivity (Wildman–Crippen MR) is 106 cm³/mol. The predicted octanol–water partition coefficient (Wildman–Crippen LogP) is 3.01. The van der Waals surface area contributed by atoms with Gasteiger partial charge in [0.15, 0.2) is 0 Å². The van der Waals surface area contributed by atoms with Gasteiger partial charge in [0, 0.05) is 18.4 Å². The minimum Gasteiger partial charge on any atom is -0.390 e. The Balaban J connectivity index is 1.44. The number of carbonyl (C=O) groups is 1. The average molecular weight is 397 g/mol. The molecule has 0 atom stereocenters. The highest BCUT2D eigenvalue weighted by Crippen LogP contribution is 2.32. The Morgan fingerprint density at radius 2 is 1.83 bits per heavy atom. The number of fused-ring (bicyclic) bond motifs is 1. The minimum atomic E-state index is -0.686. The Bertz CT molecular complexity index is 1020. The molecule has 4 rings (SSSR count). The third-order valence-corrected chi connectivity index (χ3v) is 5.69. The molecule has 2 aromatic heterocycles. The molecule has 0 aliphatic heterocycles. The summed E-state index contributed by atoms with van der Waals surface area (Å²) < 4.78 is 15.3. The summed E-state index contributed by atoms with van der Waals surface area (Å²) in [5.41, 5.74) is 0.218. The molecule has 1 aromatic carbocycles. The quantitative estimate of drug-likeness (QED) is 0.706. The zero-order chi connectivity index (χ0) is 20.6. The summed E-state index contributed by atoms with van der Waals surface area (Å²) in [5, 5.41) is 17.4. The summed E-state index contributed by atoms with van der Waals surface area (Å²) in [7, 11) is 0. The Labute approximate surface area is 168 Å². The summed E-state index contributed by atoms with van der Waals surface area (Å²) in [6.45, 7) is 3.67. The molecule has 1 amide bonds. The molecule has 1 saturated carbocycles. The zero-order valence-electron chi connectivity index (χ0n) is 16.5. The van der Waals surface area contributed by atoms with Crippen molar-refractivity contribution in [1.82, 2.24) is 25.1 Å². The van der Waals surface area contributed by atoms with Gasteiger partial charge < -0.3 is 10.4 Å². The summed E-state index contributed by atoms with van der Waals surface area (Å²) in [4.78, 5) is 20.9. The second-order valence-corrected chi connectivity index (χ2v) is 8.17. The minimum absolute atomic E-state index is 0.0740. The molecule has 0 bridgehead atoms. The number of halogens is 1. The first-order chi connectivity index (χ1) is 13.8. The lowest BCUT2D eigenvalue weighted by molar-refractivity contribution is -0.00257. The van der Waals surface area contributed by atoms with Crippen molar-refractivity contribution in [2.24, 2.45) is 5.92 Å². The van der Waals surface area contributed by atoms with Crippen LogP contribution in [-0.4, -0.2) is 42.4 Å². The van der Waals surface area contributed by atoms with Crippen LogP contribution in [0.2, 0.25) is 0 Å². The number of rotatable bonds is 4. The van der Waals surface area contributed by atoms with Crippen LogP contribution in [0.3, 0.4) is 0 Å². The fraction of sp³-hybridized carbons (Fsp3) is 0.429. The van der Waals surface area contributed by atoms with Gasteiger partial charge in [-0.2, -0.15) is 9.07 Å². The van der Waals surface area contributed by atoms with E-state index in [1.54, 1.807) is 24.3 Å². The van der Waals surface area contributed by atoms with Crippen molar-refractivity contribution in [3.63, 3.8) is 0 Å². The first kappa shape index (κ1) is 19.4. The van der Waals surface area contributed by atoms with Crippen molar-refractivity contribution in [2.45, 2.75) is 51.2 Å². The second kappa shape index (κ2) is 7.51. The van der Waals surface area contributed by atoms with E-state index in [0.717, 1.165) is 25.7 Å². The molecule has 0 spiro atoms. The van der Waals surface area contributed by atoms with Gasteiger partial charge >= 0.3 is 0 Å². The van der Waals surface area contributed by atoms with Crippen molar-refractivity contribution in [1.29, 1.82) is 0 Å². The largest absolute Gasteiger partial charge is 0.390 e. The van der Waals surface area contributed by atoms with Gasteiger partial charge in [-0.15, -0.1) is 5.10 Å². The Hall–Kier alpha value is -2.87. The molecule has 7 nitrogen and oxygen atoms in total. The van der Waals surface area contributed by atoms with Crippen LogP contribution >= 0.6 is 0 Å². The molecule has 1 fully saturated rings. The fourth-order valence-corrected chi connectivity index (χ4v) is 3.94. The van der Waals surface area contributed by atoms with Gasteiger partial charge in [-0.05, 0) is 57.6 Å². The fourth-order valence-electron chi connectivity index (χ4n) is 3.94. The Kier molecular flexibility index (Phi) is 5.04. The van der Waals surface area contributed by atoms with Crippen LogP contribution in [0.1, 0.15) is 49.9 Å². The maximum atomic E-state index is 14.0. The highest BCUT2D eigenvalue weighted by atomic mass is 19.1. The van der Waals surface area contributed by atoms with Crippen LogP contribution in [0.5, 0.6) is 0 Å². The smallest absolute Gasteiger partial charge is 0.254 e. The lowest BCUT2D eigenvalue weighted by Crippen LogP contribution is -2.41. The molecule has 1 aliphatic rings. The van der Waals surface area contributed by atoms with Crippen molar-refractivity contribution >= 4 is 16.8 Å². The van der Waals surface area contributed by atoms with E-state index in [4.69, 9.17) is 0 Å². The molecule has 2 N–H and O–H groups in total. The molecule has 29 heavy (non-hydrogen) atoms. The number of para-hydroxylation sites is 1. The molecular weight excluding hydrogens is 373 g/mol. The van der Waals surface area contributed by atoms with Crippen LogP contribution < -0.4 is 5.32 Å². The van der Waals surface area contributed by atoms with E-state index >= 15 is 0 Å². The molecule has 0 saturated heterocycles. The van der Waals surface area contributed by atoms with E-state index < -0.39 is 11.5 Å². The van der Waals surface area contributed by atoms with Crippen LogP contribution in [0.15, 0.2) is 36.7 Å². The van der Waals surface area contributed by atoms with E-state index in [-0.39, 0.29) is 23.8 Å². The van der Waals surface area contributed by atoms with Crippen LogP contribution in [-0.2, 0) is 0 Å². The monoisotopic (exact) mass is 397 g/mol. The number of aromatic nitrogens is 4. The van der Waals surface area contributed by atoms with Crippen molar-refractivity contribution in [3.8, 4) is 5.95 Å². The maximum Gasteiger partial charge on any atom is 0.254 e. The molecule has 2 heterocycles. The van der Waals surface area contributed by atoms with Gasteiger partial charge in [-0.3, -0.25) is 4.79 Å². The standard InChI is InChI=1S/C21H24FN5O2/c1-21(2,29)14-7-9-15(10-8-14)25-19(28)13-11-23-20(24-12-13)27-17-6-4-3-5-16(17)18(22)26-27/h3-6,11-12,14-15,29H,7-10H2,1-2H3,(H,25,28). The molecule has 1 aliphatic carbocycles. The third-order valence-electron chi connectivity index (χ3n) is 5.69. The number of hydrogen-bond donors (Lipinski definition) is 2. The molecule has 0 unspecified atom stereocenters. The number of hydrogen-bond acceptors (Lipinski definition) is 5. The SMILES string of the molecule is CC(C)(O)C1CCC(NC(=O)c2cnc(-n3nc(F)c4ccccc43)nc2)CC1. The normalized spacial score (nSPS) is 20.0. The number of aliphatic hydroxyl groups is 1. The summed E-state index contributed by atoms with van der Waals surface area (Å²) in [5.74, 6) is -0.373. The maximum absolute atomic E-state index is 14.0.